The van der Waals surface area contributed by atoms with Crippen LogP contribution >= 0.6 is 0 Å². The predicted molar refractivity (Wildman–Crippen MR) is 84.6 cm³/mol. The Morgan fingerprint density at radius 1 is 1.24 bits per heavy atom. The maximum absolute atomic E-state index is 5.82. The Morgan fingerprint density at radius 2 is 2.00 bits per heavy atom. The van der Waals surface area contributed by atoms with E-state index >= 15 is 0 Å². The summed E-state index contributed by atoms with van der Waals surface area (Å²) in [5, 5.41) is 10.4. The molecule has 1 aromatic heterocycles. The lowest BCUT2D eigenvalue weighted by molar-refractivity contribution is -0.00517. The molecule has 1 saturated heterocycles. The SMILES string of the molecule is C[C@@H]1CN(c2ccccc2NCc2ccn[nH]2)C[C@H](C)O1. The molecule has 0 spiro atoms. The summed E-state index contributed by atoms with van der Waals surface area (Å²) in [5.74, 6) is 0. The van der Waals surface area contributed by atoms with E-state index in [4.69, 9.17) is 4.74 Å². The normalized spacial score (nSPS) is 22.3. The molecule has 0 aliphatic carbocycles. The zero-order chi connectivity index (χ0) is 14.7. The fourth-order valence-corrected chi connectivity index (χ4v) is 2.85. The number of morpholine rings is 1. The average Bonchev–Trinajstić information content (AvgIpc) is 2.98. The summed E-state index contributed by atoms with van der Waals surface area (Å²) in [6.45, 7) is 6.85. The zero-order valence-electron chi connectivity index (χ0n) is 12.5. The molecule has 1 aliphatic rings. The smallest absolute Gasteiger partial charge is 0.0726 e. The summed E-state index contributed by atoms with van der Waals surface area (Å²) in [7, 11) is 0. The number of hydrogen-bond acceptors (Lipinski definition) is 4. The zero-order valence-corrected chi connectivity index (χ0v) is 12.5. The van der Waals surface area contributed by atoms with Gasteiger partial charge < -0.3 is 15.0 Å². The third-order valence-electron chi connectivity index (χ3n) is 3.69. The van der Waals surface area contributed by atoms with Gasteiger partial charge in [-0.05, 0) is 32.0 Å². The third-order valence-corrected chi connectivity index (χ3v) is 3.69. The van der Waals surface area contributed by atoms with Crippen LogP contribution < -0.4 is 10.2 Å². The second-order valence-electron chi connectivity index (χ2n) is 5.61. The van der Waals surface area contributed by atoms with Crippen molar-refractivity contribution in [2.45, 2.75) is 32.6 Å². The Morgan fingerprint density at radius 3 is 2.71 bits per heavy atom. The molecule has 2 heterocycles. The molecule has 2 atom stereocenters. The Bertz CT molecular complexity index is 559. The van der Waals surface area contributed by atoms with Crippen LogP contribution in [0.1, 0.15) is 19.5 Å². The monoisotopic (exact) mass is 286 g/mol. The van der Waals surface area contributed by atoms with Crippen LogP contribution in [0.25, 0.3) is 0 Å². The predicted octanol–water partition coefficient (Wildman–Crippen LogP) is 2.64. The lowest BCUT2D eigenvalue weighted by Gasteiger charge is -2.37. The van der Waals surface area contributed by atoms with Crippen molar-refractivity contribution in [3.63, 3.8) is 0 Å². The summed E-state index contributed by atoms with van der Waals surface area (Å²) >= 11 is 0. The summed E-state index contributed by atoms with van der Waals surface area (Å²) < 4.78 is 5.82. The first-order valence-electron chi connectivity index (χ1n) is 7.44. The van der Waals surface area contributed by atoms with Crippen molar-refractivity contribution >= 4 is 11.4 Å². The minimum absolute atomic E-state index is 0.259. The molecule has 2 N–H and O–H groups in total. The van der Waals surface area contributed by atoms with E-state index in [9.17, 15) is 0 Å². The number of aromatic amines is 1. The van der Waals surface area contributed by atoms with Crippen LogP contribution in [-0.2, 0) is 11.3 Å². The van der Waals surface area contributed by atoms with Crippen molar-refractivity contribution in [1.82, 2.24) is 10.2 Å². The van der Waals surface area contributed by atoms with Crippen molar-refractivity contribution in [2.75, 3.05) is 23.3 Å². The molecule has 21 heavy (non-hydrogen) atoms. The minimum atomic E-state index is 0.259. The maximum Gasteiger partial charge on any atom is 0.0726 e. The van der Waals surface area contributed by atoms with Gasteiger partial charge >= 0.3 is 0 Å². The van der Waals surface area contributed by atoms with E-state index < -0.39 is 0 Å². The standard InChI is InChI=1S/C16H22N4O/c1-12-10-20(11-13(2)21-12)16-6-4-3-5-15(16)17-9-14-7-8-18-19-14/h3-8,12-13,17H,9-11H2,1-2H3,(H,18,19)/t12-,13+. The van der Waals surface area contributed by atoms with Gasteiger partial charge in [0.1, 0.15) is 0 Å². The Kier molecular flexibility index (Phi) is 4.10. The first kappa shape index (κ1) is 13.9. The van der Waals surface area contributed by atoms with Crippen molar-refractivity contribution in [3.05, 3.63) is 42.2 Å². The molecule has 3 rings (SSSR count). The lowest BCUT2D eigenvalue weighted by atomic mass is 10.1. The first-order chi connectivity index (χ1) is 10.2. The first-order valence-corrected chi connectivity index (χ1v) is 7.44. The fraction of sp³-hybridized carbons (Fsp3) is 0.438. The van der Waals surface area contributed by atoms with E-state index in [1.807, 2.05) is 6.07 Å². The molecule has 0 amide bonds. The highest BCUT2D eigenvalue weighted by Crippen LogP contribution is 2.28. The van der Waals surface area contributed by atoms with E-state index in [1.54, 1.807) is 6.20 Å². The van der Waals surface area contributed by atoms with Gasteiger partial charge in [-0.2, -0.15) is 5.10 Å². The highest BCUT2D eigenvalue weighted by atomic mass is 16.5. The number of hydrogen-bond donors (Lipinski definition) is 2. The summed E-state index contributed by atoms with van der Waals surface area (Å²) in [5.41, 5.74) is 3.46. The fourth-order valence-electron chi connectivity index (χ4n) is 2.85. The van der Waals surface area contributed by atoms with Crippen molar-refractivity contribution in [1.29, 1.82) is 0 Å². The molecule has 0 unspecified atom stereocenters. The highest BCUT2D eigenvalue weighted by Gasteiger charge is 2.23. The second kappa shape index (κ2) is 6.18. The largest absolute Gasteiger partial charge is 0.378 e. The molecule has 112 valence electrons. The number of nitrogens with zero attached hydrogens (tertiary/aromatic N) is 2. The Hall–Kier alpha value is -2.01. The molecular weight excluding hydrogens is 264 g/mol. The number of anilines is 2. The Labute approximate surface area is 125 Å². The van der Waals surface area contributed by atoms with Crippen LogP contribution in [0, 0.1) is 0 Å². The molecule has 0 bridgehead atoms. The van der Waals surface area contributed by atoms with Crippen LogP contribution in [0.5, 0.6) is 0 Å². The molecule has 1 aliphatic heterocycles. The number of para-hydroxylation sites is 2. The van der Waals surface area contributed by atoms with E-state index in [0.29, 0.717) is 0 Å². The van der Waals surface area contributed by atoms with Gasteiger partial charge in [0.2, 0.25) is 0 Å². The van der Waals surface area contributed by atoms with E-state index in [2.05, 4.69) is 58.5 Å². The van der Waals surface area contributed by atoms with Crippen LogP contribution in [0.2, 0.25) is 0 Å². The Balaban J connectivity index is 1.75. The highest BCUT2D eigenvalue weighted by molar-refractivity contribution is 5.70. The van der Waals surface area contributed by atoms with Crippen LogP contribution in [0.4, 0.5) is 11.4 Å². The second-order valence-corrected chi connectivity index (χ2v) is 5.61. The number of H-pyrrole nitrogens is 1. The number of aromatic nitrogens is 2. The van der Waals surface area contributed by atoms with E-state index in [-0.39, 0.29) is 12.2 Å². The third kappa shape index (κ3) is 3.36. The number of rotatable bonds is 4. The number of ether oxygens (including phenoxy) is 1. The van der Waals surface area contributed by atoms with Crippen LogP contribution in [-0.4, -0.2) is 35.5 Å². The summed E-state index contributed by atoms with van der Waals surface area (Å²) in [6.07, 6.45) is 2.29. The molecule has 0 saturated carbocycles. The number of benzene rings is 1. The van der Waals surface area contributed by atoms with Crippen molar-refractivity contribution in [2.24, 2.45) is 0 Å². The topological polar surface area (TPSA) is 53.2 Å². The van der Waals surface area contributed by atoms with Gasteiger partial charge in [0, 0.05) is 19.3 Å². The van der Waals surface area contributed by atoms with Gasteiger partial charge in [0.05, 0.1) is 35.8 Å². The number of nitrogens with one attached hydrogen (secondary N) is 2. The molecule has 1 aromatic carbocycles. The van der Waals surface area contributed by atoms with Gasteiger partial charge in [-0.15, -0.1) is 0 Å². The van der Waals surface area contributed by atoms with Crippen molar-refractivity contribution in [3.8, 4) is 0 Å². The molecule has 0 radical (unpaired) electrons. The van der Waals surface area contributed by atoms with Gasteiger partial charge in [-0.1, -0.05) is 12.1 Å². The van der Waals surface area contributed by atoms with Crippen LogP contribution in [0.3, 0.4) is 0 Å². The maximum atomic E-state index is 5.82. The molecule has 5 nitrogen and oxygen atoms in total. The van der Waals surface area contributed by atoms with E-state index in [0.717, 1.165) is 31.0 Å². The lowest BCUT2D eigenvalue weighted by Crippen LogP contribution is -2.45. The van der Waals surface area contributed by atoms with Crippen molar-refractivity contribution < 1.29 is 4.74 Å². The van der Waals surface area contributed by atoms with Gasteiger partial charge in [-0.3, -0.25) is 5.10 Å². The van der Waals surface area contributed by atoms with Gasteiger partial charge in [0.15, 0.2) is 0 Å². The quantitative estimate of drug-likeness (QED) is 0.907. The average molecular weight is 286 g/mol. The molecule has 1 fully saturated rings. The molecule has 5 heteroatoms. The van der Waals surface area contributed by atoms with Gasteiger partial charge in [0.25, 0.3) is 0 Å². The molecule has 2 aromatic rings. The van der Waals surface area contributed by atoms with Gasteiger partial charge in [-0.25, -0.2) is 0 Å². The molecular formula is C16H22N4O. The van der Waals surface area contributed by atoms with Crippen LogP contribution in [0.15, 0.2) is 36.5 Å². The summed E-state index contributed by atoms with van der Waals surface area (Å²) in [4.78, 5) is 2.40. The summed E-state index contributed by atoms with van der Waals surface area (Å²) in [6, 6.07) is 10.4. The van der Waals surface area contributed by atoms with E-state index in [1.165, 1.54) is 5.69 Å². The minimum Gasteiger partial charge on any atom is -0.378 e.